The van der Waals surface area contributed by atoms with Crippen LogP contribution in [0, 0.1) is 0 Å². The summed E-state index contributed by atoms with van der Waals surface area (Å²) in [5.74, 6) is -3.96. The van der Waals surface area contributed by atoms with Crippen molar-refractivity contribution in [1.29, 1.82) is 0 Å². The van der Waals surface area contributed by atoms with E-state index in [1.165, 1.54) is 74.9 Å². The summed E-state index contributed by atoms with van der Waals surface area (Å²) in [6.07, 6.45) is 3.88. The molecule has 4 aliphatic rings. The normalized spacial score (nSPS) is 13.4. The molecule has 10 aromatic rings. The number of benzene rings is 10. The fourth-order valence-electron chi connectivity index (χ4n) is 11.9. The minimum absolute atomic E-state index is 0.0189. The maximum atomic E-state index is 13.4. The first kappa shape index (κ1) is 84.8. The van der Waals surface area contributed by atoms with Gasteiger partial charge in [0, 0.05) is 117 Å². The molecule has 113 heavy (non-hydrogen) atoms. The van der Waals surface area contributed by atoms with Crippen LogP contribution in [0.1, 0.15) is 109 Å². The topological polar surface area (TPSA) is 326 Å². The lowest BCUT2D eigenvalue weighted by Gasteiger charge is -2.31. The van der Waals surface area contributed by atoms with Crippen molar-refractivity contribution in [2.24, 2.45) is 0 Å². The summed E-state index contributed by atoms with van der Waals surface area (Å²) in [6, 6.07) is 60.5. The van der Waals surface area contributed by atoms with Gasteiger partial charge in [-0.3, -0.25) is 19.2 Å². The number of nitrogens with two attached hydrogens (primary N) is 2. The number of rotatable bonds is 17. The molecule has 0 aliphatic carbocycles. The maximum Gasteiger partial charge on any atom is 0.339 e. The summed E-state index contributed by atoms with van der Waals surface area (Å²) in [5, 5.41) is 10.6. The van der Waals surface area contributed by atoms with E-state index in [0.717, 1.165) is 66.6 Å². The fourth-order valence-corrected chi connectivity index (χ4v) is 16.7. The first-order chi connectivity index (χ1) is 53.8. The van der Waals surface area contributed by atoms with Crippen molar-refractivity contribution in [2.75, 3.05) is 78.0 Å². The lowest BCUT2D eigenvalue weighted by atomic mass is 10.00. The molecule has 5 N–H and O–H groups in total. The SMILES string of the molecule is COC(=O)c1ccc(-c2ccccc2)cc1CS(=O)(=O)c1cc(Cl)cc(C(=O)N2CCC2)c1.COC(=O)c1ccc(-c2ccccc2)cc1N.Nc1cc(Cl)cc(C(=O)N2CCC2)c1.O=C(O)c1ccc(-c2ccccc2)cc1CS(=O)(=O)c1cc(Cl)cc(C(=O)N2CCC2)c1.O=C(c1cc(Cl)cc(S(=O)(=O)Cl)c1)N1CCC1. The standard InChI is InChI=1S/C25H22ClNO5S.C24H20ClNO5S.C14H13NO2.C10H9Cl2NO3S.C10H11ClN2O/c1-32-25(29)23-9-8-18(17-6-3-2-4-7-17)12-20(23)16-33(30,31)22-14-19(13-21(26)15-22)24(28)27-10-5-11-27;25-20-12-18(23(27)26-9-4-10-26)13-21(14-20)32(30,31)15-19-11-17(7-8-22(19)24(28)29)16-5-2-1-3-6-16;1-17-14(16)12-8-7-11(9-13(12)15)10-5-3-2-4-6-10;11-8-4-7(10(14)13-2-1-3-13)5-9(6-8)17(12,15)16;11-8-4-7(5-9(12)6-8)10(14)13-2-1-3-13/h2-4,6-9,12-15H,5,10-11,16H2,1H3;1-3,5-8,11-14H,4,9-10,15H2,(H,28,29);2-9H,15H2,1H3;4-6H,1-3H2;4-6H,1-3,12H2. The third-order valence-corrected chi connectivity index (χ3v) is 23.9. The van der Waals surface area contributed by atoms with Gasteiger partial charge < -0.3 is 45.6 Å². The average molecular weight is 1690 g/mol. The molecule has 4 aliphatic heterocycles. The summed E-state index contributed by atoms with van der Waals surface area (Å²) in [4.78, 5) is 90.6. The Morgan fingerprint density at radius 1 is 0.363 bits per heavy atom. The highest BCUT2D eigenvalue weighted by Gasteiger charge is 2.30. The molecule has 30 heteroatoms. The van der Waals surface area contributed by atoms with Crippen molar-refractivity contribution in [3.63, 3.8) is 0 Å². The monoisotopic (exact) mass is 1680 g/mol. The Morgan fingerprint density at radius 3 is 0.982 bits per heavy atom. The number of carboxylic acids is 1. The molecule has 4 amide bonds. The number of ether oxygens (including phenoxy) is 2. The molecule has 22 nitrogen and oxygen atoms in total. The van der Waals surface area contributed by atoms with Crippen LogP contribution in [0.15, 0.2) is 233 Å². The van der Waals surface area contributed by atoms with E-state index in [0.29, 0.717) is 77.9 Å². The zero-order valence-electron chi connectivity index (χ0n) is 60.8. The number of hydrogen-bond donors (Lipinski definition) is 3. The number of hydrogen-bond acceptors (Lipinski definition) is 17. The van der Waals surface area contributed by atoms with Gasteiger partial charge in [0.15, 0.2) is 19.7 Å². The fraction of sp³-hybridized carbons (Fsp3) is 0.193. The van der Waals surface area contributed by atoms with Crippen LogP contribution in [-0.4, -0.2) is 158 Å². The van der Waals surface area contributed by atoms with Crippen molar-refractivity contribution in [1.82, 2.24) is 19.6 Å². The van der Waals surface area contributed by atoms with Crippen LogP contribution >= 0.6 is 57.1 Å². The number of esters is 2. The minimum atomic E-state index is -3.98. The molecule has 0 unspecified atom stereocenters. The molecule has 0 aromatic heterocycles. The van der Waals surface area contributed by atoms with Crippen molar-refractivity contribution in [3.8, 4) is 33.4 Å². The Hall–Kier alpha value is -10.6. The van der Waals surface area contributed by atoms with E-state index in [-0.39, 0.29) is 86.8 Å². The van der Waals surface area contributed by atoms with Gasteiger partial charge in [-0.25, -0.2) is 39.6 Å². The molecule has 0 spiro atoms. The van der Waals surface area contributed by atoms with Gasteiger partial charge >= 0.3 is 17.9 Å². The van der Waals surface area contributed by atoms with Gasteiger partial charge in [0.1, 0.15) is 0 Å². The molecule has 0 bridgehead atoms. The largest absolute Gasteiger partial charge is 0.478 e. The number of halogens is 5. The third-order valence-electron chi connectivity index (χ3n) is 18.4. The van der Waals surface area contributed by atoms with Gasteiger partial charge in [0.2, 0.25) is 0 Å². The Morgan fingerprint density at radius 2 is 0.664 bits per heavy atom. The van der Waals surface area contributed by atoms with Crippen LogP contribution in [-0.2, 0) is 49.7 Å². The van der Waals surface area contributed by atoms with Crippen molar-refractivity contribution < 1.29 is 73.4 Å². The number of amides is 4. The van der Waals surface area contributed by atoms with Gasteiger partial charge in [-0.15, -0.1) is 0 Å². The zero-order chi connectivity index (χ0) is 81.5. The van der Waals surface area contributed by atoms with Crippen molar-refractivity contribution in [2.45, 2.75) is 51.9 Å². The Kier molecular flexibility index (Phi) is 28.4. The Bertz CT molecular complexity index is 5600. The van der Waals surface area contributed by atoms with Crippen LogP contribution in [0.3, 0.4) is 0 Å². The van der Waals surface area contributed by atoms with Crippen LogP contribution in [0.5, 0.6) is 0 Å². The van der Waals surface area contributed by atoms with Crippen molar-refractivity contribution in [3.05, 3.63) is 289 Å². The van der Waals surface area contributed by atoms with E-state index >= 15 is 0 Å². The predicted molar refractivity (Wildman–Crippen MR) is 437 cm³/mol. The second kappa shape index (κ2) is 37.8. The summed E-state index contributed by atoms with van der Waals surface area (Å²) < 4.78 is 85.1. The highest BCUT2D eigenvalue weighted by atomic mass is 35.7. The van der Waals surface area contributed by atoms with E-state index in [9.17, 15) is 63.9 Å². The summed E-state index contributed by atoms with van der Waals surface area (Å²) in [6.45, 7) is 5.59. The first-order valence-corrected chi connectivity index (χ1v) is 42.2. The van der Waals surface area contributed by atoms with Crippen LogP contribution in [0.25, 0.3) is 33.4 Å². The van der Waals surface area contributed by atoms with E-state index in [2.05, 4.69) is 4.74 Å². The molecule has 10 aromatic carbocycles. The highest BCUT2D eigenvalue weighted by molar-refractivity contribution is 8.13. The second-order valence-electron chi connectivity index (χ2n) is 26.3. The van der Waals surface area contributed by atoms with E-state index < -0.39 is 58.1 Å². The van der Waals surface area contributed by atoms with Gasteiger partial charge in [-0.1, -0.05) is 156 Å². The summed E-state index contributed by atoms with van der Waals surface area (Å²) in [5.41, 5.74) is 19.8. The molecular formula is C83H75Cl5N6O16S3. The third kappa shape index (κ3) is 22.2. The highest BCUT2D eigenvalue weighted by Crippen LogP contribution is 2.33. The Labute approximate surface area is 678 Å². The molecule has 14 rings (SSSR count). The number of carbonyl (C=O) groups is 7. The Balaban J connectivity index is 0.000000156. The maximum absolute atomic E-state index is 13.4. The lowest BCUT2D eigenvalue weighted by Crippen LogP contribution is -2.42. The zero-order valence-corrected chi connectivity index (χ0v) is 67.0. The molecule has 4 heterocycles. The van der Waals surface area contributed by atoms with Gasteiger partial charge in [0.25, 0.3) is 32.7 Å². The quantitative estimate of drug-likeness (QED) is 0.0433. The molecule has 0 saturated carbocycles. The second-order valence-corrected chi connectivity index (χ2v) is 34.6. The van der Waals surface area contributed by atoms with Crippen LogP contribution in [0.4, 0.5) is 11.4 Å². The van der Waals surface area contributed by atoms with Gasteiger partial charge in [-0.2, -0.15) is 0 Å². The van der Waals surface area contributed by atoms with Gasteiger partial charge in [-0.05, 0) is 179 Å². The first-order valence-electron chi connectivity index (χ1n) is 35.1. The minimum Gasteiger partial charge on any atom is -0.478 e. The van der Waals surface area contributed by atoms with E-state index in [1.54, 1.807) is 80.3 Å². The molecule has 4 saturated heterocycles. The van der Waals surface area contributed by atoms with Crippen molar-refractivity contribution >= 4 is 139 Å². The summed E-state index contributed by atoms with van der Waals surface area (Å²) >= 11 is 23.9. The van der Waals surface area contributed by atoms with E-state index in [1.807, 2.05) is 97.1 Å². The molecule has 0 radical (unpaired) electrons. The molecule has 0 atom stereocenters. The number of carboxylic acid groups (broad SMARTS) is 1. The van der Waals surface area contributed by atoms with Gasteiger partial charge in [0.05, 0.1) is 57.1 Å². The molecule has 4 fully saturated rings. The van der Waals surface area contributed by atoms with E-state index in [4.69, 9.17) is 73.3 Å². The predicted octanol–water partition coefficient (Wildman–Crippen LogP) is 15.7. The average Bonchev–Trinajstić information content (AvgIpc) is 0.790. The number of carbonyl (C=O) groups excluding carboxylic acids is 6. The summed E-state index contributed by atoms with van der Waals surface area (Å²) in [7, 11) is -3.98. The lowest BCUT2D eigenvalue weighted by molar-refractivity contribution is 0.0592. The molecule has 586 valence electrons. The number of nitrogen functional groups attached to an aromatic ring is 2. The smallest absolute Gasteiger partial charge is 0.339 e. The molecular weight excluding hydrogens is 1610 g/mol. The van der Waals surface area contributed by atoms with Crippen LogP contribution in [0.2, 0.25) is 20.1 Å². The number of aromatic carboxylic acids is 1. The number of methoxy groups -OCH3 is 2. The number of anilines is 2. The number of nitrogens with zero attached hydrogens (tertiary/aromatic N) is 4. The number of likely N-dealkylation sites (tertiary alicyclic amines) is 4. The number of sulfone groups is 2. The van der Waals surface area contributed by atoms with Crippen LogP contribution < -0.4 is 11.5 Å².